The number of rotatable bonds is 7. The summed E-state index contributed by atoms with van der Waals surface area (Å²) in [6.07, 6.45) is 4.96. The molecule has 0 spiro atoms. The first kappa shape index (κ1) is 19.4. The standard InChI is InChI=1S/C22H22O6/c1-24-16-5-8-20-14(10-16)9-15(13-28-20)19(23)7-6-18-21(26-3)11-17(25-2)12-22(18)27-4/h5-12H,13H2,1-4H3/b7-6+. The molecule has 0 unspecified atom stereocenters. The second-order valence-electron chi connectivity index (χ2n) is 6.01. The Balaban J connectivity index is 1.89. The van der Waals surface area contributed by atoms with E-state index in [0.29, 0.717) is 34.1 Å². The van der Waals surface area contributed by atoms with Gasteiger partial charge in [-0.05, 0) is 36.4 Å². The first-order valence-corrected chi connectivity index (χ1v) is 8.63. The molecule has 0 radical (unpaired) electrons. The van der Waals surface area contributed by atoms with Crippen molar-refractivity contribution in [2.45, 2.75) is 0 Å². The quantitative estimate of drug-likeness (QED) is 0.679. The summed E-state index contributed by atoms with van der Waals surface area (Å²) >= 11 is 0. The molecule has 0 amide bonds. The number of ether oxygens (including phenoxy) is 5. The highest BCUT2D eigenvalue weighted by atomic mass is 16.5. The lowest BCUT2D eigenvalue weighted by Crippen LogP contribution is -2.13. The predicted molar refractivity (Wildman–Crippen MR) is 107 cm³/mol. The van der Waals surface area contributed by atoms with Crippen LogP contribution in [-0.4, -0.2) is 40.8 Å². The lowest BCUT2D eigenvalue weighted by atomic mass is 10.0. The number of hydrogen-bond donors (Lipinski definition) is 0. The van der Waals surface area contributed by atoms with Gasteiger partial charge >= 0.3 is 0 Å². The highest BCUT2D eigenvalue weighted by Gasteiger charge is 2.17. The van der Waals surface area contributed by atoms with Crippen LogP contribution in [0.3, 0.4) is 0 Å². The Bertz CT molecular complexity index is 917. The van der Waals surface area contributed by atoms with E-state index in [1.54, 1.807) is 46.6 Å². The zero-order valence-corrected chi connectivity index (χ0v) is 16.3. The fraction of sp³-hybridized carbons (Fsp3) is 0.227. The van der Waals surface area contributed by atoms with Gasteiger partial charge in [0, 0.05) is 23.3 Å². The van der Waals surface area contributed by atoms with Gasteiger partial charge < -0.3 is 23.7 Å². The molecule has 146 valence electrons. The number of benzene rings is 2. The molecule has 0 fully saturated rings. The second-order valence-corrected chi connectivity index (χ2v) is 6.01. The maximum atomic E-state index is 12.7. The largest absolute Gasteiger partial charge is 0.497 e. The van der Waals surface area contributed by atoms with E-state index in [9.17, 15) is 4.79 Å². The Morgan fingerprint density at radius 2 is 1.61 bits per heavy atom. The van der Waals surface area contributed by atoms with Crippen LogP contribution in [0.1, 0.15) is 11.1 Å². The van der Waals surface area contributed by atoms with Crippen molar-refractivity contribution in [3.8, 4) is 28.7 Å². The minimum Gasteiger partial charge on any atom is -0.497 e. The smallest absolute Gasteiger partial charge is 0.185 e. The number of carbonyl (C=O) groups excluding carboxylic acids is 1. The molecule has 0 N–H and O–H groups in total. The zero-order valence-electron chi connectivity index (χ0n) is 16.3. The molecule has 6 heteroatoms. The van der Waals surface area contributed by atoms with Crippen LogP contribution in [0, 0.1) is 0 Å². The number of fused-ring (bicyclic) bond motifs is 1. The number of hydrogen-bond acceptors (Lipinski definition) is 6. The fourth-order valence-electron chi connectivity index (χ4n) is 2.89. The molecule has 1 aliphatic heterocycles. The molecule has 0 aliphatic carbocycles. The molecule has 6 nitrogen and oxygen atoms in total. The van der Waals surface area contributed by atoms with Gasteiger partial charge in [-0.1, -0.05) is 0 Å². The van der Waals surface area contributed by atoms with Crippen LogP contribution >= 0.6 is 0 Å². The van der Waals surface area contributed by atoms with Crippen LogP contribution in [0.5, 0.6) is 28.7 Å². The zero-order chi connectivity index (χ0) is 20.1. The van der Waals surface area contributed by atoms with Crippen LogP contribution < -0.4 is 23.7 Å². The molecule has 0 saturated carbocycles. The van der Waals surface area contributed by atoms with Gasteiger partial charge in [-0.3, -0.25) is 4.79 Å². The van der Waals surface area contributed by atoms with Gasteiger partial charge in [-0.25, -0.2) is 0 Å². The summed E-state index contributed by atoms with van der Waals surface area (Å²) in [6, 6.07) is 8.95. The maximum Gasteiger partial charge on any atom is 0.185 e. The lowest BCUT2D eigenvalue weighted by Gasteiger charge is -2.17. The number of allylic oxidation sites excluding steroid dienone is 1. The Morgan fingerprint density at radius 3 is 2.21 bits per heavy atom. The van der Waals surface area contributed by atoms with E-state index in [1.807, 2.05) is 24.3 Å². The third-order valence-corrected chi connectivity index (χ3v) is 4.40. The second kappa shape index (κ2) is 8.52. The van der Waals surface area contributed by atoms with Crippen molar-refractivity contribution in [1.82, 2.24) is 0 Å². The summed E-state index contributed by atoms with van der Waals surface area (Å²) in [7, 11) is 6.26. The fourth-order valence-corrected chi connectivity index (χ4v) is 2.89. The van der Waals surface area contributed by atoms with E-state index in [1.165, 1.54) is 6.08 Å². The van der Waals surface area contributed by atoms with Crippen molar-refractivity contribution in [3.05, 3.63) is 53.1 Å². The summed E-state index contributed by atoms with van der Waals surface area (Å²) in [4.78, 5) is 12.7. The molecule has 1 heterocycles. The number of ketones is 1. The maximum absolute atomic E-state index is 12.7. The van der Waals surface area contributed by atoms with Crippen LogP contribution in [0.4, 0.5) is 0 Å². The van der Waals surface area contributed by atoms with E-state index in [-0.39, 0.29) is 12.4 Å². The number of carbonyl (C=O) groups is 1. The van der Waals surface area contributed by atoms with Crippen molar-refractivity contribution in [2.24, 2.45) is 0 Å². The highest BCUT2D eigenvalue weighted by molar-refractivity contribution is 6.10. The van der Waals surface area contributed by atoms with Crippen molar-refractivity contribution >= 4 is 17.9 Å². The van der Waals surface area contributed by atoms with Crippen LogP contribution in [0.25, 0.3) is 12.2 Å². The molecule has 2 aromatic carbocycles. The monoisotopic (exact) mass is 382 g/mol. The third kappa shape index (κ3) is 3.96. The SMILES string of the molecule is COc1ccc2c(c1)C=C(C(=O)/C=C/c1c(OC)cc(OC)cc1OC)CO2. The average Bonchev–Trinajstić information content (AvgIpc) is 2.75. The first-order chi connectivity index (χ1) is 13.6. The van der Waals surface area contributed by atoms with Gasteiger partial charge in [0.2, 0.25) is 0 Å². The van der Waals surface area contributed by atoms with E-state index in [2.05, 4.69) is 0 Å². The van der Waals surface area contributed by atoms with Gasteiger partial charge in [-0.15, -0.1) is 0 Å². The molecule has 28 heavy (non-hydrogen) atoms. The molecular formula is C22H22O6. The van der Waals surface area contributed by atoms with Crippen LogP contribution in [0.15, 0.2) is 42.0 Å². The van der Waals surface area contributed by atoms with Gasteiger partial charge in [0.05, 0.1) is 34.0 Å². The summed E-state index contributed by atoms with van der Waals surface area (Å²) < 4.78 is 27.0. The lowest BCUT2D eigenvalue weighted by molar-refractivity contribution is -0.111. The Hall–Kier alpha value is -3.41. The van der Waals surface area contributed by atoms with E-state index in [0.717, 1.165) is 11.3 Å². The van der Waals surface area contributed by atoms with Crippen molar-refractivity contribution in [1.29, 1.82) is 0 Å². The molecule has 0 saturated heterocycles. The molecule has 3 rings (SSSR count). The van der Waals surface area contributed by atoms with Gasteiger partial charge in [0.1, 0.15) is 35.4 Å². The topological polar surface area (TPSA) is 63.2 Å². The number of methoxy groups -OCH3 is 4. The van der Waals surface area contributed by atoms with Crippen LogP contribution in [0.2, 0.25) is 0 Å². The van der Waals surface area contributed by atoms with Crippen LogP contribution in [-0.2, 0) is 4.79 Å². The van der Waals surface area contributed by atoms with Gasteiger partial charge in [-0.2, -0.15) is 0 Å². The van der Waals surface area contributed by atoms with Crippen molar-refractivity contribution < 1.29 is 28.5 Å². The molecule has 1 aliphatic rings. The summed E-state index contributed by atoms with van der Waals surface area (Å²) in [5.41, 5.74) is 2.00. The molecule has 0 atom stereocenters. The normalized spacial score (nSPS) is 12.6. The van der Waals surface area contributed by atoms with Gasteiger partial charge in [0.25, 0.3) is 0 Å². The predicted octanol–water partition coefficient (Wildman–Crippen LogP) is 3.78. The third-order valence-electron chi connectivity index (χ3n) is 4.40. The molecule has 2 aromatic rings. The van der Waals surface area contributed by atoms with E-state index in [4.69, 9.17) is 23.7 Å². The molecule has 0 bridgehead atoms. The Morgan fingerprint density at radius 1 is 0.929 bits per heavy atom. The summed E-state index contributed by atoms with van der Waals surface area (Å²) in [5, 5.41) is 0. The first-order valence-electron chi connectivity index (χ1n) is 8.63. The van der Waals surface area contributed by atoms with E-state index >= 15 is 0 Å². The highest BCUT2D eigenvalue weighted by Crippen LogP contribution is 2.35. The van der Waals surface area contributed by atoms with Crippen molar-refractivity contribution in [3.63, 3.8) is 0 Å². The minimum absolute atomic E-state index is 0.159. The Labute approximate surface area is 163 Å². The average molecular weight is 382 g/mol. The van der Waals surface area contributed by atoms with Gasteiger partial charge in [0.15, 0.2) is 5.78 Å². The summed E-state index contributed by atoms with van der Waals surface area (Å²) in [6.45, 7) is 0.208. The minimum atomic E-state index is -0.159. The molecular weight excluding hydrogens is 360 g/mol. The van der Waals surface area contributed by atoms with E-state index < -0.39 is 0 Å². The van der Waals surface area contributed by atoms with Crippen molar-refractivity contribution in [2.75, 3.05) is 35.0 Å². The molecule has 0 aromatic heterocycles. The Kier molecular flexibility index (Phi) is 5.89. The summed E-state index contributed by atoms with van der Waals surface area (Å²) in [5.74, 6) is 2.96.